The molecule has 0 radical (unpaired) electrons. The molecule has 1 N–H and O–H groups in total. The second-order valence-electron chi connectivity index (χ2n) is 3.42. The predicted molar refractivity (Wildman–Crippen MR) is 54.7 cm³/mol. The Hall–Kier alpha value is -1.05. The highest BCUT2D eigenvalue weighted by Gasteiger charge is 2.06. The van der Waals surface area contributed by atoms with Gasteiger partial charge in [-0.25, -0.2) is 4.39 Å². The van der Waals surface area contributed by atoms with E-state index in [1.807, 2.05) is 26.8 Å². The molecule has 13 heavy (non-hydrogen) atoms. The summed E-state index contributed by atoms with van der Waals surface area (Å²) in [4.78, 5) is 0. The van der Waals surface area contributed by atoms with Crippen LogP contribution in [-0.2, 0) is 0 Å². The summed E-state index contributed by atoms with van der Waals surface area (Å²) in [5.74, 6) is 0.121. The van der Waals surface area contributed by atoms with Crippen LogP contribution in [-0.4, -0.2) is 6.54 Å². The van der Waals surface area contributed by atoms with Crippen LogP contribution < -0.4 is 5.32 Å². The highest BCUT2D eigenvalue weighted by atomic mass is 19.1. The van der Waals surface area contributed by atoms with Crippen LogP contribution in [0.25, 0.3) is 0 Å². The van der Waals surface area contributed by atoms with Gasteiger partial charge in [0.05, 0.1) is 0 Å². The standard InChI is InChI=1S/C11H16FN/c1-4-13-9-5-6-11(12)10(7-9)8(2)3/h5-8,13H,4H2,1-3H3. The highest BCUT2D eigenvalue weighted by molar-refractivity contribution is 5.46. The Morgan fingerprint density at radius 1 is 1.38 bits per heavy atom. The Labute approximate surface area is 79.0 Å². The largest absolute Gasteiger partial charge is 0.385 e. The molecule has 1 aromatic rings. The van der Waals surface area contributed by atoms with Gasteiger partial charge in [-0.1, -0.05) is 13.8 Å². The van der Waals surface area contributed by atoms with Crippen molar-refractivity contribution in [1.82, 2.24) is 0 Å². The van der Waals surface area contributed by atoms with Crippen LogP contribution in [0.2, 0.25) is 0 Å². The average molecular weight is 181 g/mol. The average Bonchev–Trinajstić information content (AvgIpc) is 2.08. The SMILES string of the molecule is CCNc1ccc(F)c(C(C)C)c1. The molecule has 0 unspecified atom stereocenters. The minimum Gasteiger partial charge on any atom is -0.385 e. The summed E-state index contributed by atoms with van der Waals surface area (Å²) >= 11 is 0. The fourth-order valence-corrected chi connectivity index (χ4v) is 1.30. The van der Waals surface area contributed by atoms with Gasteiger partial charge in [-0.3, -0.25) is 0 Å². The molecule has 0 aliphatic rings. The second-order valence-corrected chi connectivity index (χ2v) is 3.42. The van der Waals surface area contributed by atoms with E-state index in [2.05, 4.69) is 5.32 Å². The van der Waals surface area contributed by atoms with Gasteiger partial charge in [-0.05, 0) is 36.6 Å². The van der Waals surface area contributed by atoms with E-state index in [4.69, 9.17) is 0 Å². The van der Waals surface area contributed by atoms with Crippen molar-refractivity contribution in [2.24, 2.45) is 0 Å². The summed E-state index contributed by atoms with van der Waals surface area (Å²) in [5, 5.41) is 3.16. The number of halogens is 1. The van der Waals surface area contributed by atoms with E-state index < -0.39 is 0 Å². The number of rotatable bonds is 3. The monoisotopic (exact) mass is 181 g/mol. The molecule has 0 bridgehead atoms. The van der Waals surface area contributed by atoms with Gasteiger partial charge in [-0.15, -0.1) is 0 Å². The van der Waals surface area contributed by atoms with Gasteiger partial charge in [0.1, 0.15) is 5.82 Å². The zero-order valence-corrected chi connectivity index (χ0v) is 8.39. The van der Waals surface area contributed by atoms with Crippen LogP contribution in [0, 0.1) is 5.82 Å². The summed E-state index contributed by atoms with van der Waals surface area (Å²) in [6, 6.07) is 5.17. The molecular weight excluding hydrogens is 165 g/mol. The van der Waals surface area contributed by atoms with E-state index in [0.29, 0.717) is 0 Å². The summed E-state index contributed by atoms with van der Waals surface area (Å²) in [5.41, 5.74) is 1.77. The lowest BCUT2D eigenvalue weighted by Crippen LogP contribution is -1.99. The molecule has 1 rings (SSSR count). The summed E-state index contributed by atoms with van der Waals surface area (Å²) in [7, 11) is 0. The summed E-state index contributed by atoms with van der Waals surface area (Å²) in [6.45, 7) is 6.88. The Morgan fingerprint density at radius 3 is 2.62 bits per heavy atom. The van der Waals surface area contributed by atoms with Gasteiger partial charge < -0.3 is 5.32 Å². The van der Waals surface area contributed by atoms with Crippen molar-refractivity contribution in [2.45, 2.75) is 26.7 Å². The Kier molecular flexibility index (Phi) is 3.29. The second kappa shape index (κ2) is 4.26. The van der Waals surface area contributed by atoms with Gasteiger partial charge in [-0.2, -0.15) is 0 Å². The van der Waals surface area contributed by atoms with Crippen LogP contribution in [0.15, 0.2) is 18.2 Å². The lowest BCUT2D eigenvalue weighted by atomic mass is 10.0. The molecule has 1 aromatic carbocycles. The summed E-state index contributed by atoms with van der Waals surface area (Å²) in [6.07, 6.45) is 0. The Balaban J connectivity index is 2.97. The van der Waals surface area contributed by atoms with Gasteiger partial charge in [0, 0.05) is 12.2 Å². The normalized spacial score (nSPS) is 10.5. The van der Waals surface area contributed by atoms with Crippen molar-refractivity contribution in [3.8, 4) is 0 Å². The quantitative estimate of drug-likeness (QED) is 0.753. The molecular formula is C11H16FN. The maximum Gasteiger partial charge on any atom is 0.126 e. The molecule has 72 valence electrons. The molecule has 0 spiro atoms. The number of hydrogen-bond donors (Lipinski definition) is 1. The topological polar surface area (TPSA) is 12.0 Å². The molecule has 0 aliphatic carbocycles. The molecule has 0 aromatic heterocycles. The molecule has 0 amide bonds. The third-order valence-corrected chi connectivity index (χ3v) is 2.00. The minimum atomic E-state index is -0.114. The van der Waals surface area contributed by atoms with Gasteiger partial charge >= 0.3 is 0 Å². The van der Waals surface area contributed by atoms with Gasteiger partial charge in [0.25, 0.3) is 0 Å². The molecule has 1 nitrogen and oxygen atoms in total. The first-order valence-electron chi connectivity index (χ1n) is 4.68. The van der Waals surface area contributed by atoms with Crippen LogP contribution in [0.3, 0.4) is 0 Å². The number of hydrogen-bond acceptors (Lipinski definition) is 1. The molecule has 0 heterocycles. The number of nitrogens with one attached hydrogen (secondary N) is 1. The van der Waals surface area contributed by atoms with E-state index in [1.54, 1.807) is 6.07 Å². The highest BCUT2D eigenvalue weighted by Crippen LogP contribution is 2.21. The summed E-state index contributed by atoms with van der Waals surface area (Å²) < 4.78 is 13.2. The predicted octanol–water partition coefficient (Wildman–Crippen LogP) is 3.38. The number of benzene rings is 1. The molecule has 0 aliphatic heterocycles. The first kappa shape index (κ1) is 10.0. The first-order valence-corrected chi connectivity index (χ1v) is 4.68. The fraction of sp³-hybridized carbons (Fsp3) is 0.455. The van der Waals surface area contributed by atoms with Crippen molar-refractivity contribution in [1.29, 1.82) is 0 Å². The number of anilines is 1. The van der Waals surface area contributed by atoms with Crippen molar-refractivity contribution in [3.05, 3.63) is 29.6 Å². The molecule has 2 heteroatoms. The van der Waals surface area contributed by atoms with Crippen molar-refractivity contribution >= 4 is 5.69 Å². The van der Waals surface area contributed by atoms with E-state index >= 15 is 0 Å². The smallest absolute Gasteiger partial charge is 0.126 e. The maximum absolute atomic E-state index is 13.2. The molecule has 0 atom stereocenters. The zero-order chi connectivity index (χ0) is 9.84. The van der Waals surface area contributed by atoms with Crippen LogP contribution >= 0.6 is 0 Å². The van der Waals surface area contributed by atoms with E-state index in [-0.39, 0.29) is 11.7 Å². The van der Waals surface area contributed by atoms with E-state index in [0.717, 1.165) is 17.8 Å². The minimum absolute atomic E-state index is 0.114. The third kappa shape index (κ3) is 2.44. The maximum atomic E-state index is 13.2. The molecule has 0 fully saturated rings. The van der Waals surface area contributed by atoms with Crippen molar-refractivity contribution < 1.29 is 4.39 Å². The van der Waals surface area contributed by atoms with Crippen LogP contribution in [0.4, 0.5) is 10.1 Å². The van der Waals surface area contributed by atoms with Crippen LogP contribution in [0.1, 0.15) is 32.3 Å². The van der Waals surface area contributed by atoms with Gasteiger partial charge in [0.15, 0.2) is 0 Å². The van der Waals surface area contributed by atoms with Crippen molar-refractivity contribution in [2.75, 3.05) is 11.9 Å². The lowest BCUT2D eigenvalue weighted by Gasteiger charge is -2.10. The van der Waals surface area contributed by atoms with Crippen molar-refractivity contribution in [3.63, 3.8) is 0 Å². The Morgan fingerprint density at radius 2 is 2.08 bits per heavy atom. The molecule has 0 saturated heterocycles. The lowest BCUT2D eigenvalue weighted by molar-refractivity contribution is 0.598. The zero-order valence-electron chi connectivity index (χ0n) is 8.39. The van der Waals surface area contributed by atoms with E-state index in [1.165, 1.54) is 6.07 Å². The van der Waals surface area contributed by atoms with E-state index in [9.17, 15) is 4.39 Å². The van der Waals surface area contributed by atoms with Crippen LogP contribution in [0.5, 0.6) is 0 Å². The van der Waals surface area contributed by atoms with Gasteiger partial charge in [0.2, 0.25) is 0 Å². The Bertz CT molecular complexity index is 281. The third-order valence-electron chi connectivity index (χ3n) is 2.00. The first-order chi connectivity index (χ1) is 6.15. The molecule has 0 saturated carbocycles. The fourth-order valence-electron chi connectivity index (χ4n) is 1.30.